The molecule has 0 bridgehead atoms. The molecule has 2 aliphatic rings. The van der Waals surface area contributed by atoms with Crippen molar-refractivity contribution in [3.05, 3.63) is 30.2 Å². The Kier molecular flexibility index (Phi) is 6.95. The average Bonchev–Trinajstić information content (AvgIpc) is 3.40. The molecule has 1 unspecified atom stereocenters. The van der Waals surface area contributed by atoms with Crippen LogP contribution in [-0.2, 0) is 11.2 Å². The Morgan fingerprint density at radius 3 is 2.93 bits per heavy atom. The van der Waals surface area contributed by atoms with Crippen molar-refractivity contribution in [2.45, 2.75) is 38.6 Å². The molecule has 29 heavy (non-hydrogen) atoms. The fourth-order valence-corrected chi connectivity index (χ4v) is 4.19. The van der Waals surface area contributed by atoms with Crippen molar-refractivity contribution in [3.8, 4) is 0 Å². The molecule has 2 aromatic heterocycles. The number of nitrogens with zero attached hydrogens (tertiary/aromatic N) is 5. The van der Waals surface area contributed by atoms with E-state index in [1.807, 2.05) is 28.8 Å². The smallest absolute Gasteiger partial charge is 0.191 e. The summed E-state index contributed by atoms with van der Waals surface area (Å²) in [4.78, 5) is 7.37. The van der Waals surface area contributed by atoms with Crippen LogP contribution < -0.4 is 10.6 Å². The number of aromatic nitrogens is 3. The molecule has 2 aromatic rings. The first-order chi connectivity index (χ1) is 14.3. The third kappa shape index (κ3) is 5.45. The molecule has 0 aliphatic carbocycles. The zero-order valence-corrected chi connectivity index (χ0v) is 17.4. The van der Waals surface area contributed by atoms with Gasteiger partial charge in [0.05, 0.1) is 6.61 Å². The highest BCUT2D eigenvalue weighted by Crippen LogP contribution is 2.17. The summed E-state index contributed by atoms with van der Waals surface area (Å²) >= 11 is 0. The Hall–Kier alpha value is -2.19. The van der Waals surface area contributed by atoms with E-state index in [4.69, 9.17) is 9.73 Å². The van der Waals surface area contributed by atoms with Gasteiger partial charge in [-0.05, 0) is 44.2 Å². The van der Waals surface area contributed by atoms with Gasteiger partial charge in [-0.25, -0.2) is 0 Å². The third-order valence-corrected chi connectivity index (χ3v) is 5.80. The van der Waals surface area contributed by atoms with Crippen molar-refractivity contribution in [1.29, 1.82) is 0 Å². The van der Waals surface area contributed by atoms with Crippen molar-refractivity contribution in [3.63, 3.8) is 0 Å². The second-order valence-electron chi connectivity index (χ2n) is 8.00. The van der Waals surface area contributed by atoms with E-state index in [1.165, 1.54) is 13.0 Å². The van der Waals surface area contributed by atoms with Crippen LogP contribution in [0.5, 0.6) is 0 Å². The van der Waals surface area contributed by atoms with Crippen LogP contribution in [0.2, 0.25) is 0 Å². The standard InChI is InChI=1S/C21H33N7O/c1-2-22-21(23-10-6-20-26-25-19-5-3-4-11-28(19)20)24-18-7-12-27(13-8-18)15-17-9-14-29-16-17/h3-5,11,17-18H,2,6-10,12-16H2,1H3,(H2,22,23,24). The Balaban J connectivity index is 1.25. The molecule has 8 nitrogen and oxygen atoms in total. The minimum atomic E-state index is 0.484. The van der Waals surface area contributed by atoms with E-state index in [2.05, 4.69) is 32.7 Å². The summed E-state index contributed by atoms with van der Waals surface area (Å²) in [5.74, 6) is 2.58. The summed E-state index contributed by atoms with van der Waals surface area (Å²) < 4.78 is 7.54. The second-order valence-corrected chi connectivity index (χ2v) is 8.00. The Morgan fingerprint density at radius 1 is 1.24 bits per heavy atom. The van der Waals surface area contributed by atoms with Crippen LogP contribution in [0, 0.1) is 5.92 Å². The number of nitrogens with one attached hydrogen (secondary N) is 2. The minimum absolute atomic E-state index is 0.484. The maximum Gasteiger partial charge on any atom is 0.191 e. The zero-order chi connectivity index (χ0) is 19.9. The monoisotopic (exact) mass is 399 g/mol. The number of fused-ring (bicyclic) bond motifs is 1. The van der Waals surface area contributed by atoms with E-state index in [0.29, 0.717) is 12.6 Å². The van der Waals surface area contributed by atoms with Crippen LogP contribution in [0.3, 0.4) is 0 Å². The summed E-state index contributed by atoms with van der Waals surface area (Å²) in [5, 5.41) is 15.5. The number of ether oxygens (including phenoxy) is 1. The molecule has 0 aromatic carbocycles. The van der Waals surface area contributed by atoms with Crippen LogP contribution in [0.1, 0.15) is 32.0 Å². The van der Waals surface area contributed by atoms with E-state index in [1.54, 1.807) is 0 Å². The van der Waals surface area contributed by atoms with Gasteiger partial charge in [0.1, 0.15) is 5.82 Å². The molecule has 0 amide bonds. The zero-order valence-electron chi connectivity index (χ0n) is 17.4. The normalized spacial score (nSPS) is 21.7. The number of hydrogen-bond acceptors (Lipinski definition) is 5. The molecule has 2 saturated heterocycles. The molecule has 4 rings (SSSR count). The molecule has 4 heterocycles. The van der Waals surface area contributed by atoms with Crippen LogP contribution in [0.4, 0.5) is 0 Å². The largest absolute Gasteiger partial charge is 0.381 e. The predicted octanol–water partition coefficient (Wildman–Crippen LogP) is 1.33. The van der Waals surface area contributed by atoms with Gasteiger partial charge in [-0.2, -0.15) is 0 Å². The lowest BCUT2D eigenvalue weighted by Gasteiger charge is -2.34. The second kappa shape index (κ2) is 10.0. The van der Waals surface area contributed by atoms with E-state index >= 15 is 0 Å². The minimum Gasteiger partial charge on any atom is -0.381 e. The maximum absolute atomic E-state index is 5.51. The lowest BCUT2D eigenvalue weighted by molar-refractivity contribution is 0.150. The topological polar surface area (TPSA) is 79.1 Å². The summed E-state index contributed by atoms with van der Waals surface area (Å²) in [6.07, 6.45) is 6.31. The quantitative estimate of drug-likeness (QED) is 0.540. The van der Waals surface area contributed by atoms with E-state index < -0.39 is 0 Å². The first-order valence-corrected chi connectivity index (χ1v) is 11.0. The van der Waals surface area contributed by atoms with Gasteiger partial charge in [0.15, 0.2) is 11.6 Å². The molecule has 1 atom stereocenters. The van der Waals surface area contributed by atoms with E-state index in [9.17, 15) is 0 Å². The highest BCUT2D eigenvalue weighted by atomic mass is 16.5. The third-order valence-electron chi connectivity index (χ3n) is 5.80. The molecule has 8 heteroatoms. The van der Waals surface area contributed by atoms with Gasteiger partial charge in [-0.15, -0.1) is 10.2 Å². The highest BCUT2D eigenvalue weighted by molar-refractivity contribution is 5.80. The van der Waals surface area contributed by atoms with Gasteiger partial charge in [-0.1, -0.05) is 6.07 Å². The summed E-state index contributed by atoms with van der Waals surface area (Å²) in [5.41, 5.74) is 0.882. The maximum atomic E-state index is 5.51. The van der Waals surface area contributed by atoms with Gasteiger partial charge < -0.3 is 20.3 Å². The van der Waals surface area contributed by atoms with Crippen molar-refractivity contribution >= 4 is 11.6 Å². The van der Waals surface area contributed by atoms with Crippen molar-refractivity contribution in [1.82, 2.24) is 30.1 Å². The number of guanidine groups is 1. The first kappa shape index (κ1) is 20.1. The number of hydrogen-bond donors (Lipinski definition) is 2. The lowest BCUT2D eigenvalue weighted by atomic mass is 10.0. The fraction of sp³-hybridized carbons (Fsp3) is 0.667. The van der Waals surface area contributed by atoms with Crippen LogP contribution in [0.25, 0.3) is 5.65 Å². The molecule has 2 N–H and O–H groups in total. The lowest BCUT2D eigenvalue weighted by Crippen LogP contribution is -2.49. The predicted molar refractivity (Wildman–Crippen MR) is 114 cm³/mol. The van der Waals surface area contributed by atoms with Crippen LogP contribution in [0.15, 0.2) is 29.4 Å². The highest BCUT2D eigenvalue weighted by Gasteiger charge is 2.24. The average molecular weight is 400 g/mol. The van der Waals surface area contributed by atoms with Gasteiger partial charge in [0.25, 0.3) is 0 Å². The Bertz CT molecular complexity index is 791. The molecule has 0 spiro atoms. The molecule has 0 saturated carbocycles. The van der Waals surface area contributed by atoms with Crippen molar-refractivity contribution in [2.24, 2.45) is 10.9 Å². The number of aliphatic imine (C=N–C) groups is 1. The van der Waals surface area contributed by atoms with Gasteiger partial charge in [-0.3, -0.25) is 9.39 Å². The Morgan fingerprint density at radius 2 is 2.14 bits per heavy atom. The van der Waals surface area contributed by atoms with Crippen molar-refractivity contribution in [2.75, 3.05) is 45.9 Å². The van der Waals surface area contributed by atoms with Gasteiger partial charge in [0.2, 0.25) is 0 Å². The molecule has 0 radical (unpaired) electrons. The first-order valence-electron chi connectivity index (χ1n) is 11.0. The summed E-state index contributed by atoms with van der Waals surface area (Å²) in [7, 11) is 0. The molecular formula is C21H33N7O. The van der Waals surface area contributed by atoms with E-state index in [-0.39, 0.29) is 0 Å². The Labute approximate surface area is 172 Å². The molecular weight excluding hydrogens is 366 g/mol. The van der Waals surface area contributed by atoms with Crippen LogP contribution >= 0.6 is 0 Å². The number of rotatable bonds is 7. The summed E-state index contributed by atoms with van der Waals surface area (Å²) in [6, 6.07) is 6.43. The van der Waals surface area contributed by atoms with Crippen molar-refractivity contribution < 1.29 is 4.74 Å². The number of piperidine rings is 1. The van der Waals surface area contributed by atoms with E-state index in [0.717, 1.165) is 75.5 Å². The molecule has 2 fully saturated rings. The molecule has 2 aliphatic heterocycles. The van der Waals surface area contributed by atoms with Gasteiger partial charge >= 0.3 is 0 Å². The SMILES string of the molecule is CCNC(=NCCc1nnc2ccccn12)NC1CCN(CC2CCOC2)CC1. The number of likely N-dealkylation sites (tertiary alicyclic amines) is 1. The fourth-order valence-electron chi connectivity index (χ4n) is 4.19. The van der Waals surface area contributed by atoms with Gasteiger partial charge in [0, 0.05) is 58.0 Å². The molecule has 158 valence electrons. The number of pyridine rings is 1. The summed E-state index contributed by atoms with van der Waals surface area (Å²) in [6.45, 7) is 9.03. The van der Waals surface area contributed by atoms with Crippen LogP contribution in [-0.4, -0.2) is 77.4 Å².